The molecule has 1 atom stereocenters. The molecule has 1 amide bonds. The molecule has 4 aromatic carbocycles. The van der Waals surface area contributed by atoms with Crippen molar-refractivity contribution < 1.29 is 4.79 Å². The fourth-order valence-corrected chi connectivity index (χ4v) is 4.51. The Morgan fingerprint density at radius 3 is 2.31 bits per heavy atom. The third-order valence-electron chi connectivity index (χ3n) is 6.51. The highest BCUT2D eigenvalue weighted by Gasteiger charge is 2.34. The van der Waals surface area contributed by atoms with Crippen LogP contribution in [0.4, 0.5) is 11.4 Å². The van der Waals surface area contributed by atoms with Gasteiger partial charge in [0.15, 0.2) is 0 Å². The molecule has 35 heavy (non-hydrogen) atoms. The van der Waals surface area contributed by atoms with E-state index < -0.39 is 0 Å². The summed E-state index contributed by atoms with van der Waals surface area (Å²) in [4.78, 5) is 14.0. The molecule has 4 aromatic rings. The molecule has 0 radical (unpaired) electrons. The van der Waals surface area contributed by atoms with E-state index in [1.807, 2.05) is 91.0 Å². The first-order chi connectivity index (χ1) is 17.0. The first kappa shape index (κ1) is 22.9. The van der Waals surface area contributed by atoms with Crippen molar-refractivity contribution in [2.24, 2.45) is 5.10 Å². The molecule has 174 valence electrons. The van der Waals surface area contributed by atoms with Gasteiger partial charge in [0.2, 0.25) is 0 Å². The van der Waals surface area contributed by atoms with E-state index in [9.17, 15) is 4.79 Å². The zero-order chi connectivity index (χ0) is 24.4. The molecule has 0 saturated carbocycles. The number of hydrazone groups is 1. The van der Waals surface area contributed by atoms with Crippen molar-refractivity contribution in [1.29, 1.82) is 0 Å². The maximum atomic E-state index is 14.0. The fourth-order valence-electron chi connectivity index (χ4n) is 4.38. The molecule has 0 aliphatic carbocycles. The molecular weight excluding hydrogens is 454 g/mol. The minimum absolute atomic E-state index is 0.149. The van der Waals surface area contributed by atoms with Crippen LogP contribution in [0, 0.1) is 13.8 Å². The normalized spacial score (nSPS) is 15.1. The fraction of sp³-hybridized carbons (Fsp3) is 0.133. The van der Waals surface area contributed by atoms with Crippen molar-refractivity contribution in [2.45, 2.75) is 26.3 Å². The number of para-hydroxylation sites is 1. The largest absolute Gasteiger partial charge is 0.355 e. The van der Waals surface area contributed by atoms with E-state index in [-0.39, 0.29) is 11.9 Å². The lowest BCUT2D eigenvalue weighted by Crippen LogP contribution is -2.27. The zero-order valence-electron chi connectivity index (χ0n) is 19.7. The average Bonchev–Trinajstić information content (AvgIpc) is 3.33. The first-order valence-electron chi connectivity index (χ1n) is 11.7. The summed E-state index contributed by atoms with van der Waals surface area (Å²) in [5.41, 5.74) is 7.56. The number of aryl methyl sites for hydroxylation is 1. The van der Waals surface area contributed by atoms with Gasteiger partial charge in [-0.25, -0.2) is 5.01 Å². The lowest BCUT2D eigenvalue weighted by atomic mass is 9.98. The minimum atomic E-state index is -0.219. The number of rotatable bonds is 5. The van der Waals surface area contributed by atoms with Crippen LogP contribution < -0.4 is 5.32 Å². The van der Waals surface area contributed by atoms with Crippen LogP contribution in [0.25, 0.3) is 0 Å². The second-order valence-corrected chi connectivity index (χ2v) is 9.19. The Morgan fingerprint density at radius 1 is 0.857 bits per heavy atom. The average molecular weight is 480 g/mol. The summed E-state index contributed by atoms with van der Waals surface area (Å²) in [5.74, 6) is -0.149. The van der Waals surface area contributed by atoms with Gasteiger partial charge in [-0.3, -0.25) is 4.79 Å². The minimum Gasteiger partial charge on any atom is -0.355 e. The van der Waals surface area contributed by atoms with Crippen LogP contribution in [0.3, 0.4) is 0 Å². The van der Waals surface area contributed by atoms with E-state index in [0.29, 0.717) is 17.0 Å². The second kappa shape index (κ2) is 9.77. The van der Waals surface area contributed by atoms with Crippen molar-refractivity contribution in [3.05, 3.63) is 130 Å². The molecule has 1 aliphatic heterocycles. The quantitative estimate of drug-likeness (QED) is 0.319. The molecule has 1 unspecified atom stereocenters. The van der Waals surface area contributed by atoms with Gasteiger partial charge in [-0.15, -0.1) is 0 Å². The highest BCUT2D eigenvalue weighted by atomic mass is 35.5. The summed E-state index contributed by atoms with van der Waals surface area (Å²) in [7, 11) is 0. The molecule has 0 aromatic heterocycles. The van der Waals surface area contributed by atoms with Crippen LogP contribution in [-0.2, 0) is 0 Å². The Balaban J connectivity index is 1.53. The Bertz CT molecular complexity index is 1400. The second-order valence-electron chi connectivity index (χ2n) is 8.75. The summed E-state index contributed by atoms with van der Waals surface area (Å²) < 4.78 is 0. The van der Waals surface area contributed by atoms with Gasteiger partial charge in [-0.05, 0) is 66.4 Å². The smallest absolute Gasteiger partial charge is 0.276 e. The van der Waals surface area contributed by atoms with Gasteiger partial charge < -0.3 is 5.32 Å². The van der Waals surface area contributed by atoms with Crippen molar-refractivity contribution in [3.8, 4) is 0 Å². The number of nitrogens with zero attached hydrogens (tertiary/aromatic N) is 2. The highest BCUT2D eigenvalue weighted by Crippen LogP contribution is 2.36. The van der Waals surface area contributed by atoms with Crippen LogP contribution >= 0.6 is 11.6 Å². The van der Waals surface area contributed by atoms with Crippen LogP contribution in [-0.4, -0.2) is 16.6 Å². The number of benzene rings is 4. The molecule has 5 heteroatoms. The van der Waals surface area contributed by atoms with Crippen molar-refractivity contribution in [1.82, 2.24) is 5.01 Å². The monoisotopic (exact) mass is 479 g/mol. The van der Waals surface area contributed by atoms with E-state index in [1.54, 1.807) is 5.01 Å². The zero-order valence-corrected chi connectivity index (χ0v) is 20.5. The van der Waals surface area contributed by atoms with Gasteiger partial charge in [0, 0.05) is 17.1 Å². The number of halogens is 1. The Labute approximate surface area is 210 Å². The van der Waals surface area contributed by atoms with Crippen LogP contribution in [0.1, 0.15) is 45.1 Å². The third kappa shape index (κ3) is 4.71. The molecular formula is C30H26ClN3O. The number of carbonyl (C=O) groups is 1. The van der Waals surface area contributed by atoms with Gasteiger partial charge in [-0.1, -0.05) is 78.3 Å². The van der Waals surface area contributed by atoms with Crippen molar-refractivity contribution in [2.75, 3.05) is 5.32 Å². The van der Waals surface area contributed by atoms with E-state index in [1.165, 1.54) is 5.56 Å². The van der Waals surface area contributed by atoms with Gasteiger partial charge in [-0.2, -0.15) is 5.10 Å². The molecule has 0 saturated heterocycles. The molecule has 1 heterocycles. The number of hydrogen-bond donors (Lipinski definition) is 1. The number of nitrogens with one attached hydrogen (secondary N) is 1. The van der Waals surface area contributed by atoms with Gasteiger partial charge in [0.05, 0.1) is 23.0 Å². The van der Waals surface area contributed by atoms with Gasteiger partial charge in [0.25, 0.3) is 5.91 Å². The summed E-state index contributed by atoms with van der Waals surface area (Å²) in [6.45, 7) is 4.16. The highest BCUT2D eigenvalue weighted by molar-refractivity contribution is 6.30. The molecule has 5 rings (SSSR count). The van der Waals surface area contributed by atoms with E-state index in [0.717, 1.165) is 33.8 Å². The predicted octanol–water partition coefficient (Wildman–Crippen LogP) is 7.69. The SMILES string of the molecule is Cc1cccc(Nc2ccccc2C(=O)N2N=C(c3ccccc3)CC2c2ccc(Cl)cc2)c1C. The number of amides is 1. The topological polar surface area (TPSA) is 44.7 Å². The molecule has 1 aliphatic rings. The van der Waals surface area contributed by atoms with E-state index in [4.69, 9.17) is 16.7 Å². The summed E-state index contributed by atoms with van der Waals surface area (Å²) in [6.07, 6.45) is 0.629. The Kier molecular flexibility index (Phi) is 6.39. The molecule has 0 fully saturated rings. The van der Waals surface area contributed by atoms with Crippen LogP contribution in [0.2, 0.25) is 5.02 Å². The van der Waals surface area contributed by atoms with E-state index >= 15 is 0 Å². The standard InChI is InChI=1S/C30H26ClN3O/c1-20-9-8-14-26(21(20)2)32-27-13-7-6-12-25(27)30(35)34-29(23-15-17-24(31)18-16-23)19-28(33-34)22-10-4-3-5-11-22/h3-18,29,32H,19H2,1-2H3. The third-order valence-corrected chi connectivity index (χ3v) is 6.76. The first-order valence-corrected chi connectivity index (χ1v) is 12.0. The van der Waals surface area contributed by atoms with Crippen LogP contribution in [0.5, 0.6) is 0 Å². The lowest BCUT2D eigenvalue weighted by Gasteiger charge is -2.23. The van der Waals surface area contributed by atoms with Crippen molar-refractivity contribution in [3.63, 3.8) is 0 Å². The predicted molar refractivity (Wildman–Crippen MR) is 144 cm³/mol. The molecule has 4 nitrogen and oxygen atoms in total. The van der Waals surface area contributed by atoms with Crippen molar-refractivity contribution >= 4 is 34.6 Å². The lowest BCUT2D eigenvalue weighted by molar-refractivity contribution is 0.0712. The Morgan fingerprint density at radius 2 is 1.54 bits per heavy atom. The maximum Gasteiger partial charge on any atom is 0.276 e. The van der Waals surface area contributed by atoms with Crippen LogP contribution in [0.15, 0.2) is 102 Å². The molecule has 0 bridgehead atoms. The number of anilines is 2. The molecule has 0 spiro atoms. The van der Waals surface area contributed by atoms with Gasteiger partial charge >= 0.3 is 0 Å². The number of hydrogen-bond acceptors (Lipinski definition) is 3. The van der Waals surface area contributed by atoms with E-state index in [2.05, 4.69) is 25.2 Å². The summed E-state index contributed by atoms with van der Waals surface area (Å²) in [5, 5.41) is 10.6. The summed E-state index contributed by atoms with van der Waals surface area (Å²) in [6, 6.07) is 31.2. The number of carbonyl (C=O) groups excluding carboxylic acids is 1. The Hall–Kier alpha value is -3.89. The van der Waals surface area contributed by atoms with Gasteiger partial charge in [0.1, 0.15) is 0 Å². The summed E-state index contributed by atoms with van der Waals surface area (Å²) >= 11 is 6.14. The maximum absolute atomic E-state index is 14.0. The molecule has 1 N–H and O–H groups in total.